The molecule has 0 aliphatic rings. The molecule has 0 aromatic heterocycles. The third kappa shape index (κ3) is 6.25. The Bertz CT molecular complexity index is 159. The van der Waals surface area contributed by atoms with Crippen molar-refractivity contribution in [2.75, 3.05) is 6.54 Å². The summed E-state index contributed by atoms with van der Waals surface area (Å²) in [6.45, 7) is 6.82. The van der Waals surface area contributed by atoms with E-state index in [0.717, 1.165) is 13.0 Å². The van der Waals surface area contributed by atoms with Gasteiger partial charge in [0.05, 0.1) is 0 Å². The highest BCUT2D eigenvalue weighted by molar-refractivity contribution is 6.30. The highest BCUT2D eigenvalue weighted by atomic mass is 35.5. The minimum absolute atomic E-state index is 0.0541. The summed E-state index contributed by atoms with van der Waals surface area (Å²) in [5.74, 6) is 0.552. The van der Waals surface area contributed by atoms with Crippen LogP contribution in [0.1, 0.15) is 46.5 Å². The van der Waals surface area contributed by atoms with E-state index in [-0.39, 0.29) is 5.91 Å². The van der Waals surface area contributed by atoms with E-state index in [1.165, 1.54) is 19.3 Å². The van der Waals surface area contributed by atoms with Gasteiger partial charge in [0, 0.05) is 6.54 Å². The lowest BCUT2D eigenvalue weighted by molar-refractivity contribution is -0.120. The van der Waals surface area contributed by atoms with E-state index in [2.05, 4.69) is 19.2 Å². The first-order valence-corrected chi connectivity index (χ1v) is 5.97. The van der Waals surface area contributed by atoms with Gasteiger partial charge in [0.1, 0.15) is 5.38 Å². The molecule has 2 unspecified atom stereocenters. The fourth-order valence-electron chi connectivity index (χ4n) is 1.33. The number of hydrogen-bond donors (Lipinski definition) is 1. The third-order valence-corrected chi connectivity index (χ3v) is 2.67. The van der Waals surface area contributed by atoms with E-state index in [0.29, 0.717) is 5.92 Å². The van der Waals surface area contributed by atoms with Crippen LogP contribution in [0.2, 0.25) is 0 Å². The lowest BCUT2D eigenvalue weighted by atomic mass is 9.99. The second-order valence-corrected chi connectivity index (χ2v) is 4.43. The molecular weight excluding hydrogens is 198 g/mol. The quantitative estimate of drug-likeness (QED) is 0.656. The molecule has 0 aromatic carbocycles. The predicted octanol–water partition coefficient (Wildman–Crippen LogP) is 2.95. The molecule has 14 heavy (non-hydrogen) atoms. The van der Waals surface area contributed by atoms with Crippen LogP contribution in [0.4, 0.5) is 0 Å². The predicted molar refractivity (Wildman–Crippen MR) is 61.6 cm³/mol. The molecule has 0 rings (SSSR count). The maximum Gasteiger partial charge on any atom is 0.237 e. The first kappa shape index (κ1) is 13.8. The van der Waals surface area contributed by atoms with Gasteiger partial charge in [-0.1, -0.05) is 33.1 Å². The van der Waals surface area contributed by atoms with Crippen molar-refractivity contribution < 1.29 is 4.79 Å². The number of amides is 1. The van der Waals surface area contributed by atoms with Gasteiger partial charge >= 0.3 is 0 Å². The topological polar surface area (TPSA) is 29.1 Å². The van der Waals surface area contributed by atoms with Gasteiger partial charge in [0.15, 0.2) is 0 Å². The summed E-state index contributed by atoms with van der Waals surface area (Å²) in [5, 5.41) is 2.45. The van der Waals surface area contributed by atoms with E-state index in [1.54, 1.807) is 6.92 Å². The summed E-state index contributed by atoms with van der Waals surface area (Å²) >= 11 is 5.65. The molecule has 1 amide bonds. The summed E-state index contributed by atoms with van der Waals surface area (Å²) in [6, 6.07) is 0. The maximum absolute atomic E-state index is 11.2. The van der Waals surface area contributed by atoms with Crippen LogP contribution in [0, 0.1) is 5.92 Å². The van der Waals surface area contributed by atoms with Crippen molar-refractivity contribution >= 4 is 17.5 Å². The van der Waals surface area contributed by atoms with Gasteiger partial charge in [-0.15, -0.1) is 11.6 Å². The van der Waals surface area contributed by atoms with Crippen molar-refractivity contribution in [3.63, 3.8) is 0 Å². The van der Waals surface area contributed by atoms with Gasteiger partial charge < -0.3 is 5.32 Å². The van der Waals surface area contributed by atoms with Gasteiger partial charge in [-0.3, -0.25) is 4.79 Å². The van der Waals surface area contributed by atoms with Gasteiger partial charge in [-0.2, -0.15) is 0 Å². The molecule has 1 N–H and O–H groups in total. The summed E-state index contributed by atoms with van der Waals surface area (Å²) in [7, 11) is 0. The van der Waals surface area contributed by atoms with E-state index < -0.39 is 5.38 Å². The van der Waals surface area contributed by atoms with Crippen LogP contribution in [0.3, 0.4) is 0 Å². The van der Waals surface area contributed by atoms with Crippen LogP contribution in [0.15, 0.2) is 0 Å². The Balaban J connectivity index is 3.66. The molecule has 0 saturated carbocycles. The van der Waals surface area contributed by atoms with Gasteiger partial charge in [-0.05, 0) is 19.3 Å². The average Bonchev–Trinajstić information content (AvgIpc) is 2.17. The van der Waals surface area contributed by atoms with Gasteiger partial charge in [0.25, 0.3) is 0 Å². The molecule has 0 radical (unpaired) electrons. The highest BCUT2D eigenvalue weighted by Gasteiger charge is 2.11. The fourth-order valence-corrected chi connectivity index (χ4v) is 1.41. The molecule has 2 nitrogen and oxygen atoms in total. The van der Waals surface area contributed by atoms with E-state index in [9.17, 15) is 4.79 Å². The third-order valence-electron chi connectivity index (χ3n) is 2.47. The monoisotopic (exact) mass is 219 g/mol. The lowest BCUT2D eigenvalue weighted by Gasteiger charge is -2.15. The van der Waals surface area contributed by atoms with Crippen molar-refractivity contribution in [1.29, 1.82) is 0 Å². The molecule has 2 atom stereocenters. The zero-order chi connectivity index (χ0) is 11.0. The minimum Gasteiger partial charge on any atom is -0.355 e. The number of rotatable bonds is 7. The summed E-state index contributed by atoms with van der Waals surface area (Å²) in [5.41, 5.74) is 0. The average molecular weight is 220 g/mol. The number of carbonyl (C=O) groups is 1. The number of alkyl halides is 1. The summed E-state index contributed by atoms with van der Waals surface area (Å²) in [6.07, 6.45) is 4.78. The number of nitrogens with one attached hydrogen (secondary N) is 1. The zero-order valence-corrected chi connectivity index (χ0v) is 10.2. The van der Waals surface area contributed by atoms with Crippen LogP contribution in [0.5, 0.6) is 0 Å². The van der Waals surface area contributed by atoms with Crippen LogP contribution in [0.25, 0.3) is 0 Å². The van der Waals surface area contributed by atoms with Crippen molar-refractivity contribution in [3.05, 3.63) is 0 Å². The van der Waals surface area contributed by atoms with Crippen molar-refractivity contribution in [1.82, 2.24) is 5.32 Å². The van der Waals surface area contributed by atoms with Crippen LogP contribution >= 0.6 is 11.6 Å². The minimum atomic E-state index is -0.418. The van der Waals surface area contributed by atoms with Crippen LogP contribution in [-0.2, 0) is 4.79 Å². The molecule has 0 spiro atoms. The SMILES string of the molecule is CCCCC(CC)CNC(=O)C(C)Cl. The highest BCUT2D eigenvalue weighted by Crippen LogP contribution is 2.11. The van der Waals surface area contributed by atoms with Gasteiger partial charge in [0.2, 0.25) is 5.91 Å². The summed E-state index contributed by atoms with van der Waals surface area (Å²) in [4.78, 5) is 11.2. The second-order valence-electron chi connectivity index (χ2n) is 3.78. The Morgan fingerprint density at radius 3 is 2.50 bits per heavy atom. The zero-order valence-electron chi connectivity index (χ0n) is 9.48. The van der Waals surface area contributed by atoms with E-state index >= 15 is 0 Å². The number of hydrogen-bond acceptors (Lipinski definition) is 1. The standard InChI is InChI=1S/C11H22ClNO/c1-4-6-7-10(5-2)8-13-11(14)9(3)12/h9-10H,4-8H2,1-3H3,(H,13,14). The molecule has 0 fully saturated rings. The molecule has 0 saturated heterocycles. The molecule has 84 valence electrons. The van der Waals surface area contributed by atoms with Crippen molar-refractivity contribution in [2.24, 2.45) is 5.92 Å². The number of halogens is 1. The smallest absolute Gasteiger partial charge is 0.237 e. The van der Waals surface area contributed by atoms with Gasteiger partial charge in [-0.25, -0.2) is 0 Å². The second kappa shape index (κ2) is 8.10. The first-order chi connectivity index (χ1) is 6.61. The number of unbranched alkanes of at least 4 members (excludes halogenated alkanes) is 1. The van der Waals surface area contributed by atoms with Crippen molar-refractivity contribution in [2.45, 2.75) is 51.8 Å². The fraction of sp³-hybridized carbons (Fsp3) is 0.909. The lowest BCUT2D eigenvalue weighted by Crippen LogP contribution is -2.33. The van der Waals surface area contributed by atoms with E-state index in [1.807, 2.05) is 0 Å². The Hall–Kier alpha value is -0.240. The van der Waals surface area contributed by atoms with E-state index in [4.69, 9.17) is 11.6 Å². The Morgan fingerprint density at radius 1 is 1.43 bits per heavy atom. The molecule has 0 aliphatic carbocycles. The van der Waals surface area contributed by atoms with Crippen LogP contribution < -0.4 is 5.32 Å². The molecule has 0 heterocycles. The molecule has 3 heteroatoms. The normalized spacial score (nSPS) is 14.9. The Morgan fingerprint density at radius 2 is 2.07 bits per heavy atom. The Kier molecular flexibility index (Phi) is 7.96. The maximum atomic E-state index is 11.2. The largest absolute Gasteiger partial charge is 0.355 e. The Labute approximate surface area is 92.4 Å². The number of carbonyl (C=O) groups excluding carboxylic acids is 1. The molecule has 0 bridgehead atoms. The first-order valence-electron chi connectivity index (χ1n) is 5.53. The van der Waals surface area contributed by atoms with Crippen molar-refractivity contribution in [3.8, 4) is 0 Å². The van der Waals surface area contributed by atoms with Crippen LogP contribution in [-0.4, -0.2) is 17.8 Å². The molecule has 0 aliphatic heterocycles. The molecular formula is C11H22ClNO. The molecule has 0 aromatic rings. The summed E-state index contributed by atoms with van der Waals surface area (Å²) < 4.78 is 0.